The second-order valence-corrected chi connectivity index (χ2v) is 6.28. The summed E-state index contributed by atoms with van der Waals surface area (Å²) in [6.45, 7) is 0.240. The van der Waals surface area contributed by atoms with E-state index in [2.05, 4.69) is 5.32 Å². The van der Waals surface area contributed by atoms with Gasteiger partial charge in [0.05, 0.1) is 18.1 Å². The first-order chi connectivity index (χ1) is 9.09. The van der Waals surface area contributed by atoms with Crippen molar-refractivity contribution in [1.29, 1.82) is 0 Å². The topological polar surface area (TPSA) is 89.9 Å². The van der Waals surface area contributed by atoms with Crippen LogP contribution in [0, 0.1) is 0 Å². The number of rotatable bonds is 6. The lowest BCUT2D eigenvalue weighted by molar-refractivity contribution is 0.217. The lowest BCUT2D eigenvalue weighted by Gasteiger charge is -2.20. The largest absolute Gasteiger partial charge is 0.395 e. The van der Waals surface area contributed by atoms with Gasteiger partial charge in [-0.05, 0) is 30.2 Å². The zero-order chi connectivity index (χ0) is 13.9. The van der Waals surface area contributed by atoms with E-state index in [1.54, 1.807) is 18.2 Å². The minimum atomic E-state index is -3.66. The Morgan fingerprint density at radius 2 is 1.89 bits per heavy atom. The monoisotopic (exact) mass is 286 g/mol. The Morgan fingerprint density at radius 3 is 2.53 bits per heavy atom. The first-order valence-electron chi connectivity index (χ1n) is 6.18. The molecular formula is C12H18N2O4S. The van der Waals surface area contributed by atoms with Crippen LogP contribution in [0.4, 0.5) is 5.69 Å². The summed E-state index contributed by atoms with van der Waals surface area (Å²) in [5.74, 6) is 0. The summed E-state index contributed by atoms with van der Waals surface area (Å²) < 4.78 is 25.9. The summed E-state index contributed by atoms with van der Waals surface area (Å²) in [5, 5.41) is 21.0. The molecule has 1 aliphatic heterocycles. The Bertz CT molecular complexity index is 539. The van der Waals surface area contributed by atoms with Gasteiger partial charge in [0.25, 0.3) is 0 Å². The van der Waals surface area contributed by atoms with Crippen LogP contribution in [0.15, 0.2) is 23.1 Å². The van der Waals surface area contributed by atoms with Crippen molar-refractivity contribution in [3.63, 3.8) is 0 Å². The van der Waals surface area contributed by atoms with Crippen molar-refractivity contribution in [3.05, 3.63) is 23.8 Å². The molecule has 2 rings (SSSR count). The van der Waals surface area contributed by atoms with Gasteiger partial charge in [-0.15, -0.1) is 0 Å². The first-order valence-corrected chi connectivity index (χ1v) is 7.62. The van der Waals surface area contributed by atoms with E-state index < -0.39 is 10.0 Å². The lowest BCUT2D eigenvalue weighted by atomic mass is 10.2. The lowest BCUT2D eigenvalue weighted by Crippen LogP contribution is -2.35. The van der Waals surface area contributed by atoms with Crippen molar-refractivity contribution in [2.45, 2.75) is 11.3 Å². The number of nitrogens with one attached hydrogen (secondary N) is 1. The number of fused-ring (bicyclic) bond motifs is 1. The maximum absolute atomic E-state index is 12.4. The van der Waals surface area contributed by atoms with Crippen LogP contribution in [0.25, 0.3) is 0 Å². The molecule has 0 amide bonds. The third-order valence-corrected chi connectivity index (χ3v) is 5.02. The zero-order valence-corrected chi connectivity index (χ0v) is 11.4. The number of anilines is 1. The Labute approximate surface area is 112 Å². The van der Waals surface area contributed by atoms with Gasteiger partial charge in [-0.3, -0.25) is 0 Å². The summed E-state index contributed by atoms with van der Waals surface area (Å²) in [7, 11) is -3.66. The highest BCUT2D eigenvalue weighted by atomic mass is 32.2. The van der Waals surface area contributed by atoms with Gasteiger partial charge in [-0.25, -0.2) is 8.42 Å². The Hall–Kier alpha value is -1.15. The van der Waals surface area contributed by atoms with Gasteiger partial charge >= 0.3 is 0 Å². The zero-order valence-electron chi connectivity index (χ0n) is 10.5. The molecule has 0 unspecified atom stereocenters. The predicted octanol–water partition coefficient (Wildman–Crippen LogP) is -0.370. The van der Waals surface area contributed by atoms with Gasteiger partial charge in [0, 0.05) is 25.3 Å². The van der Waals surface area contributed by atoms with Crippen molar-refractivity contribution >= 4 is 15.7 Å². The third-order valence-electron chi connectivity index (χ3n) is 3.12. The standard InChI is InChI=1S/C12H18N2O4S/c15-7-5-14(6-8-16)19(17,18)11-1-2-12-10(9-11)3-4-13-12/h1-2,9,13,15-16H,3-8H2. The Kier molecular flexibility index (Phi) is 4.41. The van der Waals surface area contributed by atoms with Gasteiger partial charge in [0.2, 0.25) is 10.0 Å². The molecule has 0 fully saturated rings. The van der Waals surface area contributed by atoms with Crippen molar-refractivity contribution in [2.75, 3.05) is 38.2 Å². The Morgan fingerprint density at radius 1 is 1.21 bits per heavy atom. The summed E-state index contributed by atoms with van der Waals surface area (Å²) in [6, 6.07) is 4.96. The molecule has 106 valence electrons. The first kappa shape index (κ1) is 14.3. The molecule has 0 aliphatic carbocycles. The van der Waals surface area contributed by atoms with Crippen molar-refractivity contribution in [1.82, 2.24) is 4.31 Å². The van der Waals surface area contributed by atoms with Crippen molar-refractivity contribution < 1.29 is 18.6 Å². The summed E-state index contributed by atoms with van der Waals surface area (Å²) in [5.41, 5.74) is 1.95. The number of aliphatic hydroxyl groups is 2. The van der Waals surface area contributed by atoms with Crippen LogP contribution < -0.4 is 5.32 Å². The predicted molar refractivity (Wildman–Crippen MR) is 71.6 cm³/mol. The molecular weight excluding hydrogens is 268 g/mol. The van der Waals surface area contributed by atoms with E-state index in [4.69, 9.17) is 10.2 Å². The van der Waals surface area contributed by atoms with Crippen LogP contribution in [-0.2, 0) is 16.4 Å². The molecule has 0 radical (unpaired) electrons. The molecule has 0 atom stereocenters. The normalized spacial score (nSPS) is 14.5. The highest BCUT2D eigenvalue weighted by Crippen LogP contribution is 2.26. The van der Waals surface area contributed by atoms with E-state index in [9.17, 15) is 8.42 Å². The molecule has 3 N–H and O–H groups in total. The fourth-order valence-corrected chi connectivity index (χ4v) is 3.64. The third kappa shape index (κ3) is 2.89. The van der Waals surface area contributed by atoms with Crippen LogP contribution in [-0.4, -0.2) is 55.8 Å². The average Bonchev–Trinajstić information content (AvgIpc) is 2.85. The molecule has 0 spiro atoms. The van der Waals surface area contributed by atoms with Crippen molar-refractivity contribution in [2.24, 2.45) is 0 Å². The van der Waals surface area contributed by atoms with Crippen LogP contribution in [0.3, 0.4) is 0 Å². The second-order valence-electron chi connectivity index (χ2n) is 4.35. The van der Waals surface area contributed by atoms with Crippen LogP contribution in [0.5, 0.6) is 0 Å². The minimum Gasteiger partial charge on any atom is -0.395 e. The highest BCUT2D eigenvalue weighted by molar-refractivity contribution is 7.89. The molecule has 19 heavy (non-hydrogen) atoms. The van der Waals surface area contributed by atoms with Gasteiger partial charge < -0.3 is 15.5 Å². The number of sulfonamides is 1. The number of hydrogen-bond donors (Lipinski definition) is 3. The SMILES string of the molecule is O=S(=O)(c1ccc2c(c1)CCN2)N(CCO)CCO. The molecule has 6 nitrogen and oxygen atoms in total. The van der Waals surface area contributed by atoms with Gasteiger partial charge in [0.15, 0.2) is 0 Å². The number of aliphatic hydroxyl groups excluding tert-OH is 2. The summed E-state index contributed by atoms with van der Waals surface area (Å²) in [4.78, 5) is 0.205. The Balaban J connectivity index is 2.32. The van der Waals surface area contributed by atoms with Crippen molar-refractivity contribution in [3.8, 4) is 0 Å². The van der Waals surface area contributed by atoms with E-state index in [0.29, 0.717) is 0 Å². The van der Waals surface area contributed by atoms with Gasteiger partial charge in [-0.2, -0.15) is 4.31 Å². The summed E-state index contributed by atoms with van der Waals surface area (Å²) >= 11 is 0. The number of hydrogen-bond acceptors (Lipinski definition) is 5. The van der Waals surface area contributed by atoms with E-state index in [0.717, 1.165) is 28.5 Å². The fraction of sp³-hybridized carbons (Fsp3) is 0.500. The molecule has 0 saturated carbocycles. The fourth-order valence-electron chi connectivity index (χ4n) is 2.17. The maximum atomic E-state index is 12.4. The molecule has 1 heterocycles. The quantitative estimate of drug-likeness (QED) is 0.664. The minimum absolute atomic E-state index is 0.0156. The van der Waals surface area contributed by atoms with Crippen LogP contribution in [0.1, 0.15) is 5.56 Å². The van der Waals surface area contributed by atoms with E-state index >= 15 is 0 Å². The van der Waals surface area contributed by atoms with E-state index in [1.807, 2.05) is 0 Å². The molecule has 1 aromatic rings. The highest BCUT2D eigenvalue weighted by Gasteiger charge is 2.25. The number of nitrogens with zero attached hydrogens (tertiary/aromatic N) is 1. The van der Waals surface area contributed by atoms with Gasteiger partial charge in [-0.1, -0.05) is 0 Å². The molecule has 1 aliphatic rings. The molecule has 0 saturated heterocycles. The van der Waals surface area contributed by atoms with Gasteiger partial charge in [0.1, 0.15) is 0 Å². The van der Waals surface area contributed by atoms with E-state index in [1.165, 1.54) is 0 Å². The molecule has 0 aromatic heterocycles. The number of benzene rings is 1. The summed E-state index contributed by atoms with van der Waals surface area (Å²) in [6.07, 6.45) is 0.804. The molecule has 7 heteroatoms. The smallest absolute Gasteiger partial charge is 0.243 e. The molecule has 0 bridgehead atoms. The van der Waals surface area contributed by atoms with Crippen LogP contribution in [0.2, 0.25) is 0 Å². The molecule has 1 aromatic carbocycles. The second kappa shape index (κ2) is 5.87. The maximum Gasteiger partial charge on any atom is 0.243 e. The van der Waals surface area contributed by atoms with Crippen LogP contribution >= 0.6 is 0 Å². The average molecular weight is 286 g/mol. The van der Waals surface area contributed by atoms with E-state index in [-0.39, 0.29) is 31.2 Å².